The Hall–Kier alpha value is -3.30. The predicted octanol–water partition coefficient (Wildman–Crippen LogP) is 4.66. The molecule has 1 aliphatic heterocycles. The van der Waals surface area contributed by atoms with E-state index in [-0.39, 0.29) is 17.7 Å². The number of aromatic nitrogens is 3. The Morgan fingerprint density at radius 2 is 1.91 bits per heavy atom. The lowest BCUT2D eigenvalue weighted by Gasteiger charge is -2.21. The van der Waals surface area contributed by atoms with Gasteiger partial charge in [0.1, 0.15) is 19.0 Å². The van der Waals surface area contributed by atoms with Crippen molar-refractivity contribution in [1.29, 1.82) is 0 Å². The lowest BCUT2D eigenvalue weighted by molar-refractivity contribution is -0.119. The van der Waals surface area contributed by atoms with Crippen LogP contribution in [0.2, 0.25) is 0 Å². The van der Waals surface area contributed by atoms with Crippen molar-refractivity contribution in [3.05, 3.63) is 82.3 Å². The Balaban J connectivity index is 1.27. The summed E-state index contributed by atoms with van der Waals surface area (Å²) < 4.78 is 13.3. The van der Waals surface area contributed by atoms with Gasteiger partial charge in [0.15, 0.2) is 16.7 Å². The maximum Gasteiger partial charge on any atom is 0.230 e. The van der Waals surface area contributed by atoms with Crippen LogP contribution in [0.5, 0.6) is 11.5 Å². The minimum absolute atomic E-state index is 0.0743. The van der Waals surface area contributed by atoms with E-state index in [0.29, 0.717) is 30.5 Å². The van der Waals surface area contributed by atoms with Crippen LogP contribution >= 0.6 is 23.1 Å². The Morgan fingerprint density at radius 3 is 2.71 bits per heavy atom. The van der Waals surface area contributed by atoms with Crippen molar-refractivity contribution in [2.45, 2.75) is 24.5 Å². The molecule has 174 valence electrons. The van der Waals surface area contributed by atoms with Gasteiger partial charge >= 0.3 is 0 Å². The van der Waals surface area contributed by atoms with Crippen LogP contribution in [0, 0.1) is 0 Å². The topological polar surface area (TPSA) is 78.3 Å². The molecule has 0 fully saturated rings. The van der Waals surface area contributed by atoms with Crippen molar-refractivity contribution in [3.63, 3.8) is 0 Å². The van der Waals surface area contributed by atoms with E-state index in [9.17, 15) is 4.79 Å². The van der Waals surface area contributed by atoms with Gasteiger partial charge in [0, 0.05) is 17.0 Å². The molecule has 1 unspecified atom stereocenters. The van der Waals surface area contributed by atoms with Crippen LogP contribution in [0.25, 0.3) is 5.69 Å². The molecular weight excluding hydrogens is 468 g/mol. The van der Waals surface area contributed by atoms with Crippen LogP contribution in [-0.4, -0.2) is 39.6 Å². The second kappa shape index (κ2) is 10.3. The summed E-state index contributed by atoms with van der Waals surface area (Å²) in [4.78, 5) is 14.0. The number of para-hydroxylation sites is 1. The van der Waals surface area contributed by atoms with E-state index in [1.165, 1.54) is 16.6 Å². The molecule has 3 heterocycles. The van der Waals surface area contributed by atoms with Crippen LogP contribution < -0.4 is 14.8 Å². The van der Waals surface area contributed by atoms with Gasteiger partial charge in [0.2, 0.25) is 5.91 Å². The Kier molecular flexibility index (Phi) is 6.82. The summed E-state index contributed by atoms with van der Waals surface area (Å²) in [5.74, 6) is 2.46. The molecule has 1 aliphatic rings. The number of nitrogens with one attached hydrogen (secondary N) is 1. The molecule has 9 heteroatoms. The summed E-state index contributed by atoms with van der Waals surface area (Å²) in [7, 11) is 0. The lowest BCUT2D eigenvalue weighted by atomic mass is 10.1. The van der Waals surface area contributed by atoms with E-state index in [4.69, 9.17) is 9.47 Å². The van der Waals surface area contributed by atoms with Gasteiger partial charge in [-0.1, -0.05) is 42.1 Å². The summed E-state index contributed by atoms with van der Waals surface area (Å²) in [5.41, 5.74) is 1.94. The average Bonchev–Trinajstić information content (AvgIpc) is 3.53. The highest BCUT2D eigenvalue weighted by Gasteiger charge is 2.19. The van der Waals surface area contributed by atoms with E-state index in [1.807, 2.05) is 66.1 Å². The predicted molar refractivity (Wildman–Crippen MR) is 133 cm³/mol. The van der Waals surface area contributed by atoms with Crippen LogP contribution in [0.15, 0.2) is 71.2 Å². The third-order valence-electron chi connectivity index (χ3n) is 5.40. The molecule has 5 rings (SSSR count). The number of nitrogens with zero attached hydrogens (tertiary/aromatic N) is 3. The zero-order valence-corrected chi connectivity index (χ0v) is 20.3. The maximum atomic E-state index is 12.8. The SMILES string of the molecule is CC(NC(=O)CSc1nnc(Cc2cccs2)n1-c1ccccc1)c1ccc2c(c1)OCCO2. The maximum absolute atomic E-state index is 12.8. The quantitative estimate of drug-likeness (QED) is 0.361. The standard InChI is InChI=1S/C25H24N4O3S2/c1-17(18-9-10-21-22(14-18)32-12-11-31-21)26-24(30)16-34-25-28-27-23(15-20-8-5-13-33-20)29(25)19-6-3-2-4-7-19/h2-10,13-14,17H,11-12,15-16H2,1H3,(H,26,30). The fourth-order valence-corrected chi connectivity index (χ4v) is 5.22. The number of benzene rings is 2. The van der Waals surface area contributed by atoms with Crippen molar-refractivity contribution in [2.24, 2.45) is 0 Å². The second-order valence-corrected chi connectivity index (χ2v) is 9.78. The smallest absolute Gasteiger partial charge is 0.230 e. The number of hydrogen-bond donors (Lipinski definition) is 1. The van der Waals surface area contributed by atoms with Gasteiger partial charge in [0.25, 0.3) is 0 Å². The first-order valence-corrected chi connectivity index (χ1v) is 12.9. The van der Waals surface area contributed by atoms with Crippen LogP contribution in [0.3, 0.4) is 0 Å². The van der Waals surface area contributed by atoms with Crippen LogP contribution in [-0.2, 0) is 11.2 Å². The fourth-order valence-electron chi connectivity index (χ4n) is 3.74. The van der Waals surface area contributed by atoms with E-state index >= 15 is 0 Å². The molecule has 1 atom stereocenters. The Bertz CT molecular complexity index is 1260. The number of amides is 1. The van der Waals surface area contributed by atoms with E-state index in [1.54, 1.807) is 11.3 Å². The van der Waals surface area contributed by atoms with E-state index < -0.39 is 0 Å². The van der Waals surface area contributed by atoms with Gasteiger partial charge < -0.3 is 14.8 Å². The molecule has 0 aliphatic carbocycles. The van der Waals surface area contributed by atoms with Gasteiger partial charge in [0.05, 0.1) is 11.8 Å². The molecule has 1 amide bonds. The number of rotatable bonds is 8. The molecule has 1 N–H and O–H groups in total. The first kappa shape index (κ1) is 22.5. The third kappa shape index (κ3) is 5.10. The molecule has 0 saturated carbocycles. The van der Waals surface area contributed by atoms with Crippen molar-refractivity contribution < 1.29 is 14.3 Å². The lowest BCUT2D eigenvalue weighted by Crippen LogP contribution is -2.28. The molecule has 7 nitrogen and oxygen atoms in total. The molecule has 4 aromatic rings. The van der Waals surface area contributed by atoms with Crippen molar-refractivity contribution in [3.8, 4) is 17.2 Å². The van der Waals surface area contributed by atoms with Crippen LogP contribution in [0.4, 0.5) is 0 Å². The molecule has 2 aromatic carbocycles. The molecule has 0 spiro atoms. The van der Waals surface area contributed by atoms with Gasteiger partial charge in [-0.25, -0.2) is 0 Å². The average molecular weight is 493 g/mol. The number of thioether (sulfide) groups is 1. The summed E-state index contributed by atoms with van der Waals surface area (Å²) in [5, 5.41) is 14.7. The number of carbonyl (C=O) groups is 1. The highest BCUT2D eigenvalue weighted by molar-refractivity contribution is 7.99. The van der Waals surface area contributed by atoms with Crippen molar-refractivity contribution in [1.82, 2.24) is 20.1 Å². The summed E-state index contributed by atoms with van der Waals surface area (Å²) in [6.45, 7) is 3.04. The summed E-state index contributed by atoms with van der Waals surface area (Å²) >= 11 is 3.07. The number of thiophene rings is 1. The zero-order chi connectivity index (χ0) is 23.3. The highest BCUT2D eigenvalue weighted by atomic mass is 32.2. The number of hydrogen-bond acceptors (Lipinski definition) is 7. The second-order valence-electron chi connectivity index (χ2n) is 7.81. The molecule has 0 bridgehead atoms. The molecule has 0 saturated heterocycles. The third-order valence-corrected chi connectivity index (χ3v) is 7.21. The number of carbonyl (C=O) groups excluding carboxylic acids is 1. The first-order chi connectivity index (χ1) is 16.7. The molecule has 34 heavy (non-hydrogen) atoms. The molecular formula is C25H24N4O3S2. The van der Waals surface area contributed by atoms with E-state index in [0.717, 1.165) is 22.8 Å². The monoisotopic (exact) mass is 492 g/mol. The van der Waals surface area contributed by atoms with Gasteiger partial charge in [-0.2, -0.15) is 0 Å². The summed E-state index contributed by atoms with van der Waals surface area (Å²) in [6, 6.07) is 19.7. The first-order valence-electron chi connectivity index (χ1n) is 11.0. The Labute approximate surface area is 206 Å². The normalized spacial score (nSPS) is 13.4. The van der Waals surface area contributed by atoms with Crippen molar-refractivity contribution in [2.75, 3.05) is 19.0 Å². The zero-order valence-electron chi connectivity index (χ0n) is 18.6. The molecule has 2 aromatic heterocycles. The minimum Gasteiger partial charge on any atom is -0.486 e. The fraction of sp³-hybridized carbons (Fsp3) is 0.240. The van der Waals surface area contributed by atoms with E-state index in [2.05, 4.69) is 27.0 Å². The van der Waals surface area contributed by atoms with Gasteiger partial charge in [-0.3, -0.25) is 9.36 Å². The highest BCUT2D eigenvalue weighted by Crippen LogP contribution is 2.32. The molecule has 0 radical (unpaired) electrons. The largest absolute Gasteiger partial charge is 0.486 e. The van der Waals surface area contributed by atoms with Gasteiger partial charge in [-0.15, -0.1) is 21.5 Å². The van der Waals surface area contributed by atoms with Gasteiger partial charge in [-0.05, 0) is 48.2 Å². The number of fused-ring (bicyclic) bond motifs is 1. The minimum atomic E-state index is -0.162. The summed E-state index contributed by atoms with van der Waals surface area (Å²) in [6.07, 6.45) is 0.688. The number of ether oxygens (including phenoxy) is 2. The van der Waals surface area contributed by atoms with Crippen LogP contribution in [0.1, 0.15) is 29.2 Å². The van der Waals surface area contributed by atoms with Crippen molar-refractivity contribution >= 4 is 29.0 Å². The Morgan fingerprint density at radius 1 is 1.09 bits per heavy atom.